The molecule has 0 unspecified atom stereocenters. The number of nitrogens with one attached hydrogen (secondary N) is 1. The van der Waals surface area contributed by atoms with Crippen molar-refractivity contribution in [2.45, 2.75) is 19.4 Å². The number of hydrogen-bond acceptors (Lipinski definition) is 2. The monoisotopic (exact) mass is 402 g/mol. The average Bonchev–Trinajstić information content (AvgIpc) is 2.34. The molecule has 1 aliphatic heterocycles. The average molecular weight is 403 g/mol. The van der Waals surface area contributed by atoms with Crippen molar-refractivity contribution in [2.75, 3.05) is 26.2 Å². The van der Waals surface area contributed by atoms with E-state index in [9.17, 15) is 0 Å². The first-order chi connectivity index (χ1) is 7.81. The van der Waals surface area contributed by atoms with Crippen molar-refractivity contribution in [1.29, 1.82) is 0 Å². The molecule has 0 radical (unpaired) electrons. The molecular formula is C13H21Cl2IN2. The number of benzene rings is 1. The Kier molecular flexibility index (Phi) is 9.60. The molecule has 104 valence electrons. The van der Waals surface area contributed by atoms with Crippen molar-refractivity contribution in [3.63, 3.8) is 0 Å². The Bertz CT molecular complexity index is 326. The summed E-state index contributed by atoms with van der Waals surface area (Å²) < 4.78 is 1.32. The molecule has 5 heteroatoms. The molecule has 2 nitrogen and oxygen atoms in total. The Hall–Kier alpha value is 0.450. The largest absolute Gasteiger partial charge is 0.314 e. The van der Waals surface area contributed by atoms with Gasteiger partial charge in [0.05, 0.1) is 0 Å². The lowest BCUT2D eigenvalue weighted by Gasteiger charge is -2.34. The summed E-state index contributed by atoms with van der Waals surface area (Å²) in [4.78, 5) is 2.60. The molecule has 0 saturated carbocycles. The van der Waals surface area contributed by atoms with Gasteiger partial charge in [-0.1, -0.05) is 19.1 Å². The molecule has 1 aromatic rings. The second-order valence-corrected chi connectivity index (χ2v) is 5.51. The highest BCUT2D eigenvalue weighted by atomic mass is 127. The van der Waals surface area contributed by atoms with Crippen molar-refractivity contribution < 1.29 is 0 Å². The molecule has 1 atom stereocenters. The van der Waals surface area contributed by atoms with Crippen LogP contribution in [-0.4, -0.2) is 31.1 Å². The van der Waals surface area contributed by atoms with E-state index < -0.39 is 0 Å². The van der Waals surface area contributed by atoms with Gasteiger partial charge in [0.1, 0.15) is 0 Å². The van der Waals surface area contributed by atoms with Gasteiger partial charge in [-0.15, -0.1) is 24.8 Å². The van der Waals surface area contributed by atoms with E-state index >= 15 is 0 Å². The zero-order valence-electron chi connectivity index (χ0n) is 10.6. The third kappa shape index (κ3) is 4.85. The van der Waals surface area contributed by atoms with E-state index in [0.29, 0.717) is 6.04 Å². The topological polar surface area (TPSA) is 15.3 Å². The summed E-state index contributed by atoms with van der Waals surface area (Å²) in [5.74, 6) is 0. The fraction of sp³-hybridized carbons (Fsp3) is 0.538. The van der Waals surface area contributed by atoms with Crippen molar-refractivity contribution >= 4 is 47.4 Å². The summed E-state index contributed by atoms with van der Waals surface area (Å²) in [6, 6.07) is 9.57. The molecule has 18 heavy (non-hydrogen) atoms. The number of nitrogens with zero attached hydrogens (tertiary/aromatic N) is 1. The minimum Gasteiger partial charge on any atom is -0.314 e. The molecular weight excluding hydrogens is 382 g/mol. The highest BCUT2D eigenvalue weighted by Gasteiger charge is 2.19. The summed E-state index contributed by atoms with van der Waals surface area (Å²) >= 11 is 2.36. The van der Waals surface area contributed by atoms with Crippen LogP contribution < -0.4 is 5.32 Å². The van der Waals surface area contributed by atoms with Gasteiger partial charge in [-0.25, -0.2) is 0 Å². The lowest BCUT2D eigenvalue weighted by Crippen LogP contribution is -2.45. The van der Waals surface area contributed by atoms with Gasteiger partial charge in [0.15, 0.2) is 0 Å². The van der Waals surface area contributed by atoms with E-state index in [4.69, 9.17) is 0 Å². The predicted octanol–water partition coefficient (Wildman–Crippen LogP) is 3.49. The Labute approximate surface area is 136 Å². The summed E-state index contributed by atoms with van der Waals surface area (Å²) in [6.45, 7) is 6.88. The second kappa shape index (κ2) is 9.37. The second-order valence-electron chi connectivity index (χ2n) is 4.26. The van der Waals surface area contributed by atoms with Gasteiger partial charge >= 0.3 is 0 Å². The molecule has 0 bridgehead atoms. The number of rotatable bonds is 3. The van der Waals surface area contributed by atoms with Crippen LogP contribution >= 0.6 is 47.4 Å². The van der Waals surface area contributed by atoms with E-state index in [0.717, 1.165) is 13.1 Å². The summed E-state index contributed by atoms with van der Waals surface area (Å²) in [7, 11) is 0. The normalized spacial score (nSPS) is 17.4. The fourth-order valence-electron chi connectivity index (χ4n) is 2.38. The lowest BCUT2D eigenvalue weighted by molar-refractivity contribution is 0.169. The Balaban J connectivity index is 0.00000144. The standard InChI is InChI=1S/C13H19IN2.2ClH/c1-2-13(16-9-7-15-8-10-16)11-3-5-12(14)6-4-11;;/h3-6,13,15H,2,7-10H2,1H3;2*1H/t13-;;/m1../s1. The Morgan fingerprint density at radius 3 is 2.22 bits per heavy atom. The van der Waals surface area contributed by atoms with Crippen LogP contribution in [0.4, 0.5) is 0 Å². The van der Waals surface area contributed by atoms with Crippen molar-refractivity contribution in [1.82, 2.24) is 10.2 Å². The first kappa shape index (κ1) is 18.4. The third-order valence-corrected chi connectivity index (χ3v) is 3.95. The Morgan fingerprint density at radius 2 is 1.72 bits per heavy atom. The van der Waals surface area contributed by atoms with E-state index in [-0.39, 0.29) is 24.8 Å². The van der Waals surface area contributed by atoms with Crippen LogP contribution in [0.15, 0.2) is 24.3 Å². The van der Waals surface area contributed by atoms with Gasteiger partial charge < -0.3 is 5.32 Å². The van der Waals surface area contributed by atoms with E-state index in [1.165, 1.54) is 28.6 Å². The molecule has 1 heterocycles. The lowest BCUT2D eigenvalue weighted by atomic mass is 10.0. The number of hydrogen-bond donors (Lipinski definition) is 1. The van der Waals surface area contributed by atoms with Crippen LogP contribution in [0, 0.1) is 3.57 Å². The number of piperazine rings is 1. The molecule has 1 aliphatic rings. The van der Waals surface area contributed by atoms with Crippen LogP contribution in [-0.2, 0) is 0 Å². The highest BCUT2D eigenvalue weighted by molar-refractivity contribution is 14.1. The molecule has 0 amide bonds. The molecule has 0 spiro atoms. The highest BCUT2D eigenvalue weighted by Crippen LogP contribution is 2.24. The van der Waals surface area contributed by atoms with Gasteiger partial charge in [-0.2, -0.15) is 0 Å². The molecule has 0 aromatic heterocycles. The van der Waals surface area contributed by atoms with E-state index in [2.05, 4.69) is 64.0 Å². The third-order valence-electron chi connectivity index (χ3n) is 3.23. The van der Waals surface area contributed by atoms with Crippen LogP contribution in [0.25, 0.3) is 0 Å². The molecule has 1 N–H and O–H groups in total. The SMILES string of the molecule is CC[C@H](c1ccc(I)cc1)N1CCNCC1.Cl.Cl. The van der Waals surface area contributed by atoms with Crippen molar-refractivity contribution in [3.05, 3.63) is 33.4 Å². The van der Waals surface area contributed by atoms with Gasteiger partial charge in [0.25, 0.3) is 0 Å². The van der Waals surface area contributed by atoms with E-state index in [1.807, 2.05) is 0 Å². The molecule has 0 aliphatic carbocycles. The van der Waals surface area contributed by atoms with Gasteiger partial charge in [0, 0.05) is 35.8 Å². The maximum Gasteiger partial charge on any atom is 0.0346 e. The first-order valence-corrected chi connectivity index (χ1v) is 7.09. The van der Waals surface area contributed by atoms with Crippen LogP contribution in [0.2, 0.25) is 0 Å². The zero-order chi connectivity index (χ0) is 11.4. The maximum atomic E-state index is 3.41. The summed E-state index contributed by atoms with van der Waals surface area (Å²) in [5, 5.41) is 3.41. The minimum atomic E-state index is 0. The minimum absolute atomic E-state index is 0. The van der Waals surface area contributed by atoms with Crippen LogP contribution in [0.5, 0.6) is 0 Å². The van der Waals surface area contributed by atoms with Crippen molar-refractivity contribution in [2.24, 2.45) is 0 Å². The van der Waals surface area contributed by atoms with Gasteiger partial charge in [0.2, 0.25) is 0 Å². The van der Waals surface area contributed by atoms with Crippen LogP contribution in [0.1, 0.15) is 24.9 Å². The summed E-state index contributed by atoms with van der Waals surface area (Å²) in [6.07, 6.45) is 1.20. The fourth-order valence-corrected chi connectivity index (χ4v) is 2.74. The molecule has 1 fully saturated rings. The maximum absolute atomic E-state index is 3.41. The van der Waals surface area contributed by atoms with E-state index in [1.54, 1.807) is 0 Å². The quantitative estimate of drug-likeness (QED) is 0.778. The van der Waals surface area contributed by atoms with Gasteiger partial charge in [-0.05, 0) is 46.7 Å². The molecule has 1 aromatic carbocycles. The van der Waals surface area contributed by atoms with Crippen molar-refractivity contribution in [3.8, 4) is 0 Å². The molecule has 2 rings (SSSR count). The predicted molar refractivity (Wildman–Crippen MR) is 91.1 cm³/mol. The molecule has 1 saturated heterocycles. The van der Waals surface area contributed by atoms with Gasteiger partial charge in [-0.3, -0.25) is 4.90 Å². The Morgan fingerprint density at radius 1 is 1.17 bits per heavy atom. The van der Waals surface area contributed by atoms with Crippen LogP contribution in [0.3, 0.4) is 0 Å². The summed E-state index contributed by atoms with van der Waals surface area (Å²) in [5.41, 5.74) is 1.46. The zero-order valence-corrected chi connectivity index (χ0v) is 14.4. The number of halogens is 3. The first-order valence-electron chi connectivity index (χ1n) is 6.01. The smallest absolute Gasteiger partial charge is 0.0346 e.